The van der Waals surface area contributed by atoms with E-state index in [-0.39, 0.29) is 24.1 Å². The molecule has 0 spiro atoms. The highest BCUT2D eigenvalue weighted by atomic mass is 35.5. The van der Waals surface area contributed by atoms with Gasteiger partial charge in [0.15, 0.2) is 0 Å². The standard InChI is InChI=1S/C29H33ClN2O2S/c1-3-4-18-31-29(34)27(19-23-10-6-5-7-11-23)32(20-24-12-8-9-13-26(24)30)28(33)21-35-25-16-14-22(2)15-17-25/h5-17,27H,3-4,18-21H2,1-2H3,(H,31,34)/t27-/m0/s1. The van der Waals surface area contributed by atoms with E-state index in [1.54, 1.807) is 4.90 Å². The van der Waals surface area contributed by atoms with E-state index < -0.39 is 6.04 Å². The number of carbonyl (C=O) groups excluding carboxylic acids is 2. The van der Waals surface area contributed by atoms with Crippen LogP contribution in [0.1, 0.15) is 36.5 Å². The minimum atomic E-state index is -0.642. The molecule has 3 aromatic rings. The van der Waals surface area contributed by atoms with Gasteiger partial charge in [-0.2, -0.15) is 0 Å². The zero-order valence-corrected chi connectivity index (χ0v) is 21.9. The highest BCUT2D eigenvalue weighted by Gasteiger charge is 2.30. The second-order valence-electron chi connectivity index (χ2n) is 8.56. The SMILES string of the molecule is CCCCNC(=O)[C@H](Cc1ccccc1)N(Cc1ccccc1Cl)C(=O)CSc1ccc(C)cc1. The lowest BCUT2D eigenvalue weighted by atomic mass is 10.0. The minimum Gasteiger partial charge on any atom is -0.354 e. The number of rotatable bonds is 12. The first-order valence-electron chi connectivity index (χ1n) is 12.0. The Morgan fingerprint density at radius 3 is 2.34 bits per heavy atom. The van der Waals surface area contributed by atoms with Crippen molar-refractivity contribution < 1.29 is 9.59 Å². The molecule has 1 N–H and O–H groups in total. The summed E-state index contributed by atoms with van der Waals surface area (Å²) in [5.74, 6) is 0.00577. The predicted octanol–water partition coefficient (Wildman–Crippen LogP) is 6.30. The maximum Gasteiger partial charge on any atom is 0.243 e. The van der Waals surface area contributed by atoms with Gasteiger partial charge in [-0.3, -0.25) is 9.59 Å². The van der Waals surface area contributed by atoms with E-state index >= 15 is 0 Å². The summed E-state index contributed by atoms with van der Waals surface area (Å²) in [7, 11) is 0. The van der Waals surface area contributed by atoms with Crippen LogP contribution in [0.15, 0.2) is 83.8 Å². The molecule has 0 bridgehead atoms. The maximum atomic E-state index is 13.6. The van der Waals surface area contributed by atoms with Crippen LogP contribution in [-0.2, 0) is 22.6 Å². The summed E-state index contributed by atoms with van der Waals surface area (Å²) in [6, 6.07) is 24.8. The van der Waals surface area contributed by atoms with Gasteiger partial charge in [-0.15, -0.1) is 11.8 Å². The zero-order valence-electron chi connectivity index (χ0n) is 20.4. The third-order valence-corrected chi connectivity index (χ3v) is 7.15. The molecule has 0 heterocycles. The lowest BCUT2D eigenvalue weighted by Gasteiger charge is -2.32. The summed E-state index contributed by atoms with van der Waals surface area (Å²) in [6.45, 7) is 4.98. The van der Waals surface area contributed by atoms with Gasteiger partial charge in [0.25, 0.3) is 0 Å². The number of hydrogen-bond donors (Lipinski definition) is 1. The van der Waals surface area contributed by atoms with Crippen molar-refractivity contribution >= 4 is 35.2 Å². The summed E-state index contributed by atoms with van der Waals surface area (Å²) in [4.78, 5) is 29.8. The van der Waals surface area contributed by atoms with Crippen molar-refractivity contribution in [3.8, 4) is 0 Å². The van der Waals surface area contributed by atoms with Crippen molar-refractivity contribution in [2.24, 2.45) is 0 Å². The normalized spacial score (nSPS) is 11.6. The van der Waals surface area contributed by atoms with Gasteiger partial charge in [-0.05, 0) is 42.7 Å². The zero-order chi connectivity index (χ0) is 25.0. The summed E-state index contributed by atoms with van der Waals surface area (Å²) < 4.78 is 0. The number of hydrogen-bond acceptors (Lipinski definition) is 3. The van der Waals surface area contributed by atoms with Crippen molar-refractivity contribution in [2.45, 2.75) is 50.6 Å². The summed E-state index contributed by atoms with van der Waals surface area (Å²) in [6.07, 6.45) is 2.31. The highest BCUT2D eigenvalue weighted by molar-refractivity contribution is 8.00. The smallest absolute Gasteiger partial charge is 0.243 e. The molecule has 2 amide bonds. The van der Waals surface area contributed by atoms with Gasteiger partial charge in [-0.25, -0.2) is 0 Å². The van der Waals surface area contributed by atoms with Crippen LogP contribution in [0.2, 0.25) is 5.02 Å². The largest absolute Gasteiger partial charge is 0.354 e. The van der Waals surface area contributed by atoms with Crippen LogP contribution in [0.25, 0.3) is 0 Å². The first kappa shape index (κ1) is 26.8. The molecule has 35 heavy (non-hydrogen) atoms. The molecule has 4 nitrogen and oxygen atoms in total. The first-order valence-corrected chi connectivity index (χ1v) is 13.4. The van der Waals surface area contributed by atoms with Gasteiger partial charge >= 0.3 is 0 Å². The molecule has 0 unspecified atom stereocenters. The van der Waals surface area contributed by atoms with Crippen molar-refractivity contribution in [3.05, 3.63) is 101 Å². The Morgan fingerprint density at radius 2 is 1.66 bits per heavy atom. The van der Waals surface area contributed by atoms with Crippen molar-refractivity contribution in [2.75, 3.05) is 12.3 Å². The summed E-state index contributed by atoms with van der Waals surface area (Å²) >= 11 is 7.95. The van der Waals surface area contributed by atoms with Crippen LogP contribution in [0.3, 0.4) is 0 Å². The molecule has 3 rings (SSSR count). The number of aryl methyl sites for hydroxylation is 1. The molecular formula is C29H33ClN2O2S. The predicted molar refractivity (Wildman–Crippen MR) is 146 cm³/mol. The Morgan fingerprint density at radius 1 is 0.971 bits per heavy atom. The Bertz CT molecular complexity index is 1090. The lowest BCUT2D eigenvalue weighted by Crippen LogP contribution is -2.51. The van der Waals surface area contributed by atoms with Gasteiger partial charge in [0.1, 0.15) is 6.04 Å². The first-order chi connectivity index (χ1) is 17.0. The Kier molecular flexibility index (Phi) is 10.7. The van der Waals surface area contributed by atoms with E-state index in [0.29, 0.717) is 18.0 Å². The number of carbonyl (C=O) groups is 2. The van der Waals surface area contributed by atoms with Gasteiger partial charge in [-0.1, -0.05) is 91.2 Å². The Hall–Kier alpha value is -2.76. The van der Waals surface area contributed by atoms with Crippen LogP contribution in [-0.4, -0.2) is 35.1 Å². The average molecular weight is 509 g/mol. The van der Waals surface area contributed by atoms with E-state index in [9.17, 15) is 9.59 Å². The molecule has 0 saturated heterocycles. The number of halogens is 1. The molecule has 0 radical (unpaired) electrons. The summed E-state index contributed by atoms with van der Waals surface area (Å²) in [5, 5.41) is 3.63. The molecular weight excluding hydrogens is 476 g/mol. The Labute approximate surface area is 218 Å². The van der Waals surface area contributed by atoms with Crippen LogP contribution in [0.4, 0.5) is 0 Å². The number of nitrogens with one attached hydrogen (secondary N) is 1. The fourth-order valence-electron chi connectivity index (χ4n) is 3.73. The van der Waals surface area contributed by atoms with Gasteiger partial charge in [0, 0.05) is 29.4 Å². The molecule has 6 heteroatoms. The molecule has 0 saturated carbocycles. The number of amides is 2. The molecule has 3 aromatic carbocycles. The third kappa shape index (κ3) is 8.44. The molecule has 1 atom stereocenters. The van der Waals surface area contributed by atoms with Gasteiger partial charge in [0.2, 0.25) is 11.8 Å². The van der Waals surface area contributed by atoms with Crippen LogP contribution in [0.5, 0.6) is 0 Å². The van der Waals surface area contributed by atoms with Crippen LogP contribution >= 0.6 is 23.4 Å². The highest BCUT2D eigenvalue weighted by Crippen LogP contribution is 2.23. The molecule has 0 aromatic heterocycles. The summed E-state index contributed by atoms with van der Waals surface area (Å²) in [5.41, 5.74) is 3.00. The monoisotopic (exact) mass is 508 g/mol. The number of unbranched alkanes of at least 4 members (excludes halogenated alkanes) is 1. The van der Waals surface area contributed by atoms with Gasteiger partial charge in [0.05, 0.1) is 5.75 Å². The van der Waals surface area contributed by atoms with E-state index in [2.05, 4.69) is 12.2 Å². The number of thioether (sulfide) groups is 1. The van der Waals surface area contributed by atoms with E-state index in [4.69, 9.17) is 11.6 Å². The van der Waals surface area contributed by atoms with Crippen molar-refractivity contribution in [1.29, 1.82) is 0 Å². The fraction of sp³-hybridized carbons (Fsp3) is 0.310. The molecule has 0 fully saturated rings. The lowest BCUT2D eigenvalue weighted by molar-refractivity contribution is -0.139. The van der Waals surface area contributed by atoms with E-state index in [1.165, 1.54) is 17.3 Å². The molecule has 0 aliphatic heterocycles. The van der Waals surface area contributed by atoms with E-state index in [1.807, 2.05) is 85.8 Å². The number of nitrogens with zero attached hydrogens (tertiary/aromatic N) is 1. The molecule has 0 aliphatic carbocycles. The Balaban J connectivity index is 1.88. The minimum absolute atomic E-state index is 0.0953. The van der Waals surface area contributed by atoms with Crippen LogP contribution < -0.4 is 5.32 Å². The van der Waals surface area contributed by atoms with Crippen molar-refractivity contribution in [1.82, 2.24) is 10.2 Å². The number of benzene rings is 3. The quantitative estimate of drug-likeness (QED) is 0.231. The second kappa shape index (κ2) is 14.0. The third-order valence-electron chi connectivity index (χ3n) is 5.78. The maximum absolute atomic E-state index is 13.6. The topological polar surface area (TPSA) is 49.4 Å². The van der Waals surface area contributed by atoms with Crippen molar-refractivity contribution in [3.63, 3.8) is 0 Å². The molecule has 184 valence electrons. The van der Waals surface area contributed by atoms with Gasteiger partial charge < -0.3 is 10.2 Å². The second-order valence-corrected chi connectivity index (χ2v) is 10.0. The average Bonchev–Trinajstić information content (AvgIpc) is 2.87. The molecule has 0 aliphatic rings. The van der Waals surface area contributed by atoms with Crippen LogP contribution in [0, 0.1) is 6.92 Å². The fourth-order valence-corrected chi connectivity index (χ4v) is 4.71. The van der Waals surface area contributed by atoms with E-state index in [0.717, 1.165) is 28.9 Å².